The smallest absolute Gasteiger partial charge is 0.338 e. The van der Waals surface area contributed by atoms with Crippen molar-refractivity contribution in [2.45, 2.75) is 0 Å². The molecule has 0 heterocycles. The van der Waals surface area contributed by atoms with E-state index < -0.39 is 5.97 Å². The summed E-state index contributed by atoms with van der Waals surface area (Å²) in [6.07, 6.45) is 0. The summed E-state index contributed by atoms with van der Waals surface area (Å²) >= 11 is 6.10. The normalized spacial score (nSPS) is 10.6. The number of esters is 1. The molecule has 0 aliphatic carbocycles. The lowest BCUT2D eigenvalue weighted by molar-refractivity contribution is 0.0601. The Morgan fingerprint density at radius 2 is 1.80 bits per heavy atom. The Morgan fingerprint density at radius 3 is 2.60 bits per heavy atom. The summed E-state index contributed by atoms with van der Waals surface area (Å²) in [5.74, 6) is -0.408. The number of ether oxygens (including phenoxy) is 1. The highest BCUT2D eigenvalue weighted by Gasteiger charge is 2.17. The van der Waals surface area contributed by atoms with Crippen molar-refractivity contribution < 1.29 is 9.53 Å². The summed E-state index contributed by atoms with van der Waals surface area (Å²) in [6.45, 7) is 0. The van der Waals surface area contributed by atoms with E-state index in [0.29, 0.717) is 10.6 Å². The zero-order chi connectivity index (χ0) is 17.4. The van der Waals surface area contributed by atoms with Crippen LogP contribution in [0.5, 0.6) is 0 Å². The van der Waals surface area contributed by atoms with E-state index in [0.717, 1.165) is 32.7 Å². The molecule has 0 aromatic heterocycles. The molecule has 0 N–H and O–H groups in total. The van der Waals surface area contributed by atoms with Gasteiger partial charge in [-0.2, -0.15) is 0 Å². The van der Waals surface area contributed by atoms with Crippen molar-refractivity contribution in [1.29, 1.82) is 0 Å². The van der Waals surface area contributed by atoms with Gasteiger partial charge in [0, 0.05) is 10.4 Å². The molecule has 0 amide bonds. The van der Waals surface area contributed by atoms with Crippen molar-refractivity contribution in [3.8, 4) is 11.1 Å². The number of halogens is 1. The number of carbonyl (C=O) groups excluding carboxylic acids is 1. The van der Waals surface area contributed by atoms with E-state index in [1.54, 1.807) is 12.1 Å². The zero-order valence-electron chi connectivity index (χ0n) is 13.5. The van der Waals surface area contributed by atoms with E-state index >= 15 is 0 Å². The molecule has 0 saturated carbocycles. The number of methoxy groups -OCH3 is 1. The topological polar surface area (TPSA) is 26.3 Å². The minimum absolute atomic E-state index is 0.408. The summed E-state index contributed by atoms with van der Waals surface area (Å²) in [6, 6.07) is 25.5. The predicted molar refractivity (Wildman–Crippen MR) is 101 cm³/mol. The molecule has 25 heavy (non-hydrogen) atoms. The van der Waals surface area contributed by atoms with Gasteiger partial charge in [0.15, 0.2) is 0 Å². The summed E-state index contributed by atoms with van der Waals surface area (Å²) in [7, 11) is 1.37. The quantitative estimate of drug-likeness (QED) is 0.436. The highest BCUT2D eigenvalue weighted by molar-refractivity contribution is 6.31. The van der Waals surface area contributed by atoms with Crippen LogP contribution in [-0.4, -0.2) is 13.1 Å². The third-order valence-electron chi connectivity index (χ3n) is 4.30. The fourth-order valence-corrected chi connectivity index (χ4v) is 3.34. The van der Waals surface area contributed by atoms with Gasteiger partial charge in [-0.25, -0.2) is 4.79 Å². The maximum absolute atomic E-state index is 12.3. The highest BCUT2D eigenvalue weighted by Crippen LogP contribution is 2.36. The van der Waals surface area contributed by atoms with Crippen LogP contribution >= 0.6 is 11.6 Å². The second-order valence-corrected chi connectivity index (χ2v) is 6.15. The van der Waals surface area contributed by atoms with Gasteiger partial charge in [0.2, 0.25) is 0 Å². The molecule has 2 nitrogen and oxygen atoms in total. The van der Waals surface area contributed by atoms with Crippen LogP contribution in [0.4, 0.5) is 0 Å². The molecule has 0 bridgehead atoms. The fourth-order valence-electron chi connectivity index (χ4n) is 3.17. The van der Waals surface area contributed by atoms with Crippen molar-refractivity contribution in [2.75, 3.05) is 7.11 Å². The van der Waals surface area contributed by atoms with Crippen molar-refractivity contribution in [3.63, 3.8) is 0 Å². The first-order chi connectivity index (χ1) is 12.2. The first-order valence-corrected chi connectivity index (χ1v) is 8.19. The van der Waals surface area contributed by atoms with Crippen molar-refractivity contribution in [2.24, 2.45) is 0 Å². The molecule has 0 radical (unpaired) electrons. The molecule has 0 unspecified atom stereocenters. The molecular weight excluding hydrogens is 332 g/mol. The van der Waals surface area contributed by atoms with Crippen LogP contribution in [0, 0.1) is 12.1 Å². The maximum Gasteiger partial charge on any atom is 0.338 e. The molecular formula is C22H13ClO2. The van der Waals surface area contributed by atoms with Gasteiger partial charge in [0.1, 0.15) is 0 Å². The van der Waals surface area contributed by atoms with Crippen LogP contribution in [0.2, 0.25) is 5.02 Å². The summed E-state index contributed by atoms with van der Waals surface area (Å²) < 4.78 is 4.94. The molecule has 0 spiro atoms. The molecule has 120 valence electrons. The van der Waals surface area contributed by atoms with Gasteiger partial charge in [-0.1, -0.05) is 54.1 Å². The third-order valence-corrected chi connectivity index (χ3v) is 4.53. The highest BCUT2D eigenvalue weighted by atomic mass is 35.5. The molecule has 0 saturated heterocycles. The van der Waals surface area contributed by atoms with Gasteiger partial charge in [0.05, 0.1) is 12.7 Å². The number of carbonyl (C=O) groups is 1. The lowest BCUT2D eigenvalue weighted by atomic mass is 9.91. The predicted octanol–water partition coefficient (Wildman–Crippen LogP) is 5.70. The van der Waals surface area contributed by atoms with Crippen LogP contribution in [-0.2, 0) is 4.74 Å². The Labute approximate surface area is 150 Å². The monoisotopic (exact) mass is 344 g/mol. The van der Waals surface area contributed by atoms with E-state index in [1.165, 1.54) is 7.11 Å². The number of benzene rings is 3. The van der Waals surface area contributed by atoms with Gasteiger partial charge in [-0.15, -0.1) is 0 Å². The van der Waals surface area contributed by atoms with Crippen LogP contribution in [0.3, 0.4) is 0 Å². The Balaban J connectivity index is 2.12. The average molecular weight is 345 g/mol. The lowest BCUT2D eigenvalue weighted by Crippen LogP contribution is -2.03. The molecule has 4 rings (SSSR count). The van der Waals surface area contributed by atoms with E-state index in [9.17, 15) is 4.79 Å². The van der Waals surface area contributed by atoms with E-state index in [2.05, 4.69) is 24.3 Å². The first-order valence-electron chi connectivity index (χ1n) is 7.81. The van der Waals surface area contributed by atoms with Crippen molar-refractivity contribution in [3.05, 3.63) is 83.4 Å². The molecule has 0 atom stereocenters. The van der Waals surface area contributed by atoms with Crippen LogP contribution in [0.15, 0.2) is 60.7 Å². The molecule has 0 fully saturated rings. The van der Waals surface area contributed by atoms with Crippen LogP contribution in [0.25, 0.3) is 32.7 Å². The second-order valence-electron chi connectivity index (χ2n) is 5.72. The van der Waals surface area contributed by atoms with Crippen LogP contribution in [0.1, 0.15) is 10.4 Å². The summed E-state index contributed by atoms with van der Waals surface area (Å²) in [5.41, 5.74) is 2.20. The molecule has 4 aromatic carbocycles. The first kappa shape index (κ1) is 15.5. The number of hydrogen-bond acceptors (Lipinski definition) is 2. The van der Waals surface area contributed by atoms with E-state index in [1.807, 2.05) is 36.4 Å². The Bertz CT molecular complexity index is 1120. The van der Waals surface area contributed by atoms with Gasteiger partial charge >= 0.3 is 5.97 Å². The Kier molecular flexibility index (Phi) is 3.80. The van der Waals surface area contributed by atoms with E-state index in [-0.39, 0.29) is 0 Å². The minimum Gasteiger partial charge on any atom is -0.465 e. The van der Waals surface area contributed by atoms with Gasteiger partial charge < -0.3 is 4.74 Å². The number of rotatable bonds is 2. The van der Waals surface area contributed by atoms with Gasteiger partial charge in [-0.05, 0) is 57.6 Å². The fraction of sp³-hybridized carbons (Fsp3) is 0.0455. The standard InChI is InChI=1S/C22H13ClO2/c1-25-22(24)21-13-15(23)10-11-19(21)20-12-14-6-2-3-7-16(14)17-8-4-5-9-18(17)20/h2,4-6,8-13H,1H3. The summed E-state index contributed by atoms with van der Waals surface area (Å²) in [4.78, 5) is 12.3. The Hall–Kier alpha value is -3.02. The van der Waals surface area contributed by atoms with Crippen molar-refractivity contribution >= 4 is 39.1 Å². The van der Waals surface area contributed by atoms with Gasteiger partial charge in [0.25, 0.3) is 0 Å². The Morgan fingerprint density at radius 1 is 1.00 bits per heavy atom. The zero-order valence-corrected chi connectivity index (χ0v) is 14.2. The van der Waals surface area contributed by atoms with Crippen LogP contribution < -0.4 is 0 Å². The number of hydrogen-bond donors (Lipinski definition) is 0. The largest absolute Gasteiger partial charge is 0.465 e. The SMILES string of the molecule is COC(=O)c1cc(Cl)ccc1-c1cc2ccc#cc2c2ccccc12. The average Bonchev–Trinajstić information content (AvgIpc) is 2.67. The number of fused-ring (bicyclic) bond motifs is 3. The maximum atomic E-state index is 12.3. The van der Waals surface area contributed by atoms with Crippen molar-refractivity contribution in [1.82, 2.24) is 0 Å². The summed E-state index contributed by atoms with van der Waals surface area (Å²) in [5, 5.41) is 4.65. The molecule has 0 aliphatic heterocycles. The van der Waals surface area contributed by atoms with E-state index in [4.69, 9.17) is 16.3 Å². The third kappa shape index (κ3) is 2.59. The minimum atomic E-state index is -0.408. The second kappa shape index (κ2) is 6.12. The van der Waals surface area contributed by atoms with Gasteiger partial charge in [-0.3, -0.25) is 0 Å². The molecule has 3 heteroatoms. The molecule has 0 aliphatic rings. The molecule has 4 aromatic rings. The lowest BCUT2D eigenvalue weighted by Gasteiger charge is -2.13.